The fraction of sp³-hybridized carbons (Fsp3) is 0.185. The number of aliphatic hydroxyl groups excluding tert-OH is 1. The van der Waals surface area contributed by atoms with Crippen molar-refractivity contribution in [2.24, 2.45) is 0 Å². The third-order valence-electron chi connectivity index (χ3n) is 5.71. The van der Waals surface area contributed by atoms with E-state index < -0.39 is 23.7 Å². The van der Waals surface area contributed by atoms with Crippen LogP contribution in [0.4, 0.5) is 5.13 Å². The highest BCUT2D eigenvalue weighted by Gasteiger charge is 2.48. The van der Waals surface area contributed by atoms with E-state index in [9.17, 15) is 19.5 Å². The Morgan fingerprint density at radius 2 is 1.89 bits per heavy atom. The number of aliphatic hydroxyl groups is 1. The maximum absolute atomic E-state index is 13.3. The fourth-order valence-corrected chi connectivity index (χ4v) is 4.95. The van der Waals surface area contributed by atoms with Crippen molar-refractivity contribution in [3.05, 3.63) is 88.5 Å². The van der Waals surface area contributed by atoms with Crippen molar-refractivity contribution < 1.29 is 33.7 Å². The van der Waals surface area contributed by atoms with Crippen LogP contribution in [0.25, 0.3) is 5.76 Å². The molecule has 0 radical (unpaired) electrons. The van der Waals surface area contributed by atoms with Gasteiger partial charge in [0.2, 0.25) is 0 Å². The first kappa shape index (κ1) is 25.6. The largest absolute Gasteiger partial charge is 0.507 e. The molecule has 1 aromatic heterocycles. The smallest absolute Gasteiger partial charge is 0.350 e. The summed E-state index contributed by atoms with van der Waals surface area (Å²) in [5.74, 6) is -1.70. The molecule has 1 atom stereocenters. The third-order valence-corrected chi connectivity index (χ3v) is 6.85. The standard InChI is InChI=1S/C27H24N2O7S/c1-5-13-36-18-11-9-16(10-12-18)21-20(22(30)17-7-6-8-19(14-17)34-3)23(31)25(32)29(21)27-28-15(2)24(37-27)26(33)35-4/h5-12,14,21,30H,1,13H2,2-4H3/b22-20+/t21-/m1/s1. The number of esters is 1. The topological polar surface area (TPSA) is 115 Å². The summed E-state index contributed by atoms with van der Waals surface area (Å²) in [6.45, 7) is 5.55. The average Bonchev–Trinajstić information content (AvgIpc) is 3.43. The van der Waals surface area contributed by atoms with Gasteiger partial charge in [0.05, 0.1) is 31.5 Å². The molecule has 0 bridgehead atoms. The second-order valence-electron chi connectivity index (χ2n) is 7.97. The number of aryl methyl sites for hydroxylation is 1. The number of anilines is 1. The van der Waals surface area contributed by atoms with E-state index in [2.05, 4.69) is 11.6 Å². The minimum absolute atomic E-state index is 0.120. The van der Waals surface area contributed by atoms with Crippen molar-refractivity contribution in [1.29, 1.82) is 0 Å². The molecule has 0 unspecified atom stereocenters. The highest BCUT2D eigenvalue weighted by atomic mass is 32.1. The van der Waals surface area contributed by atoms with Gasteiger partial charge in [0, 0.05) is 5.56 Å². The molecule has 190 valence electrons. The highest BCUT2D eigenvalue weighted by molar-refractivity contribution is 7.17. The van der Waals surface area contributed by atoms with Crippen LogP contribution in [-0.4, -0.2) is 48.6 Å². The molecule has 1 aliphatic rings. The summed E-state index contributed by atoms with van der Waals surface area (Å²) in [7, 11) is 2.73. The first-order valence-electron chi connectivity index (χ1n) is 11.2. The predicted molar refractivity (Wildman–Crippen MR) is 138 cm³/mol. The van der Waals surface area contributed by atoms with Gasteiger partial charge in [0.25, 0.3) is 5.78 Å². The van der Waals surface area contributed by atoms with Crippen LogP contribution in [0.2, 0.25) is 0 Å². The second-order valence-corrected chi connectivity index (χ2v) is 8.95. The summed E-state index contributed by atoms with van der Waals surface area (Å²) >= 11 is 0.931. The SMILES string of the molecule is C=CCOc1ccc([C@@H]2/C(=C(\O)c3cccc(OC)c3)C(=O)C(=O)N2c2nc(C)c(C(=O)OC)s2)cc1. The number of hydrogen-bond acceptors (Lipinski definition) is 9. The van der Waals surface area contributed by atoms with Gasteiger partial charge in [-0.1, -0.05) is 48.3 Å². The van der Waals surface area contributed by atoms with Crippen LogP contribution in [0, 0.1) is 6.92 Å². The van der Waals surface area contributed by atoms with Crippen molar-refractivity contribution in [2.75, 3.05) is 25.7 Å². The maximum atomic E-state index is 13.3. The second kappa shape index (κ2) is 10.7. The molecular weight excluding hydrogens is 496 g/mol. The molecule has 10 heteroatoms. The molecule has 1 amide bonds. The van der Waals surface area contributed by atoms with E-state index in [0.29, 0.717) is 34.9 Å². The molecule has 9 nitrogen and oxygen atoms in total. The number of amides is 1. The molecule has 2 aromatic carbocycles. The molecule has 0 saturated carbocycles. The fourth-order valence-electron chi connectivity index (χ4n) is 3.94. The van der Waals surface area contributed by atoms with E-state index in [-0.39, 0.29) is 21.3 Å². The Kier molecular flexibility index (Phi) is 7.40. The molecular formula is C27H24N2O7S. The van der Waals surface area contributed by atoms with Crippen LogP contribution >= 0.6 is 11.3 Å². The molecule has 1 saturated heterocycles. The molecule has 3 aromatic rings. The zero-order chi connectivity index (χ0) is 26.7. The Bertz CT molecular complexity index is 1410. The number of Topliss-reactive ketones (excluding diaryl/α,β-unsaturated/α-hetero) is 1. The van der Waals surface area contributed by atoms with Crippen LogP contribution in [-0.2, 0) is 14.3 Å². The molecule has 0 spiro atoms. The number of rotatable bonds is 8. The van der Waals surface area contributed by atoms with Crippen LogP contribution < -0.4 is 14.4 Å². The van der Waals surface area contributed by atoms with Gasteiger partial charge in [-0.05, 0) is 36.8 Å². The minimum atomic E-state index is -1.02. The van der Waals surface area contributed by atoms with Crippen LogP contribution in [0.1, 0.15) is 32.5 Å². The molecule has 4 rings (SSSR count). The van der Waals surface area contributed by atoms with Gasteiger partial charge in [-0.2, -0.15) is 0 Å². The van der Waals surface area contributed by atoms with Gasteiger partial charge in [-0.3, -0.25) is 14.5 Å². The van der Waals surface area contributed by atoms with Crippen molar-refractivity contribution in [1.82, 2.24) is 4.98 Å². The summed E-state index contributed by atoms with van der Waals surface area (Å²) in [5.41, 5.74) is 1.07. The van der Waals surface area contributed by atoms with E-state index in [1.54, 1.807) is 61.5 Å². The van der Waals surface area contributed by atoms with Crippen LogP contribution in [0.5, 0.6) is 11.5 Å². The number of carbonyl (C=O) groups excluding carboxylic acids is 3. The van der Waals surface area contributed by atoms with E-state index in [4.69, 9.17) is 14.2 Å². The number of aromatic nitrogens is 1. The van der Waals surface area contributed by atoms with Gasteiger partial charge >= 0.3 is 11.9 Å². The van der Waals surface area contributed by atoms with E-state index in [0.717, 1.165) is 11.3 Å². The van der Waals surface area contributed by atoms with Gasteiger partial charge in [-0.15, -0.1) is 0 Å². The van der Waals surface area contributed by atoms with E-state index in [1.807, 2.05) is 0 Å². The molecule has 1 aliphatic heterocycles. The highest BCUT2D eigenvalue weighted by Crippen LogP contribution is 2.44. The number of thiazole rings is 1. The number of carbonyl (C=O) groups is 3. The zero-order valence-electron chi connectivity index (χ0n) is 20.4. The Balaban J connectivity index is 1.90. The number of benzene rings is 2. The lowest BCUT2D eigenvalue weighted by molar-refractivity contribution is -0.132. The summed E-state index contributed by atoms with van der Waals surface area (Å²) < 4.78 is 15.6. The monoisotopic (exact) mass is 520 g/mol. The lowest BCUT2D eigenvalue weighted by Gasteiger charge is -2.23. The first-order valence-corrected chi connectivity index (χ1v) is 12.0. The molecule has 37 heavy (non-hydrogen) atoms. The molecule has 1 fully saturated rings. The summed E-state index contributed by atoms with van der Waals surface area (Å²) in [4.78, 5) is 44.7. The van der Waals surface area contributed by atoms with Crippen molar-refractivity contribution in [3.63, 3.8) is 0 Å². The lowest BCUT2D eigenvalue weighted by atomic mass is 9.95. The number of ketones is 1. The van der Waals surface area contributed by atoms with Gasteiger partial charge in [0.15, 0.2) is 5.13 Å². The zero-order valence-corrected chi connectivity index (χ0v) is 21.2. The molecule has 0 aliphatic carbocycles. The number of nitrogens with zero attached hydrogens (tertiary/aromatic N) is 2. The molecule has 1 N–H and O–H groups in total. The van der Waals surface area contributed by atoms with Crippen LogP contribution in [0.3, 0.4) is 0 Å². The Morgan fingerprint density at radius 3 is 2.54 bits per heavy atom. The van der Waals surface area contributed by atoms with Crippen molar-refractivity contribution in [3.8, 4) is 11.5 Å². The summed E-state index contributed by atoms with van der Waals surface area (Å²) in [6.07, 6.45) is 1.61. The average molecular weight is 521 g/mol. The van der Waals surface area contributed by atoms with Crippen molar-refractivity contribution in [2.45, 2.75) is 13.0 Å². The predicted octanol–water partition coefficient (Wildman–Crippen LogP) is 4.44. The van der Waals surface area contributed by atoms with E-state index in [1.165, 1.54) is 19.1 Å². The van der Waals surface area contributed by atoms with E-state index >= 15 is 0 Å². The van der Waals surface area contributed by atoms with Crippen molar-refractivity contribution >= 4 is 39.9 Å². The normalized spacial score (nSPS) is 16.5. The van der Waals surface area contributed by atoms with Gasteiger partial charge in [0.1, 0.15) is 28.7 Å². The van der Waals surface area contributed by atoms with Gasteiger partial charge < -0.3 is 19.3 Å². The number of hydrogen-bond donors (Lipinski definition) is 1. The lowest BCUT2D eigenvalue weighted by Crippen LogP contribution is -2.29. The van der Waals surface area contributed by atoms with Crippen LogP contribution in [0.15, 0.2) is 66.8 Å². The minimum Gasteiger partial charge on any atom is -0.507 e. The quantitative estimate of drug-likeness (QED) is 0.152. The first-order chi connectivity index (χ1) is 17.8. The Morgan fingerprint density at radius 1 is 1.16 bits per heavy atom. The Hall–Kier alpha value is -4.44. The Labute approximate surface area is 217 Å². The number of ether oxygens (including phenoxy) is 3. The third kappa shape index (κ3) is 4.83. The maximum Gasteiger partial charge on any atom is 0.350 e. The summed E-state index contributed by atoms with van der Waals surface area (Å²) in [5, 5.41) is 11.4. The molecule has 2 heterocycles. The number of methoxy groups -OCH3 is 2. The summed E-state index contributed by atoms with van der Waals surface area (Å²) in [6, 6.07) is 12.3. The van der Waals surface area contributed by atoms with Gasteiger partial charge in [-0.25, -0.2) is 9.78 Å².